The topological polar surface area (TPSA) is 55.9 Å². The predicted molar refractivity (Wildman–Crippen MR) is 77.9 cm³/mol. The van der Waals surface area contributed by atoms with Crippen molar-refractivity contribution in [1.82, 2.24) is 15.2 Å². The molecule has 4 nitrogen and oxygen atoms in total. The largest absolute Gasteiger partial charge is 0.271 e. The molecule has 6 heteroatoms. The smallest absolute Gasteiger partial charge is 0.130 e. The average molecular weight is 289 g/mol. The van der Waals surface area contributed by atoms with E-state index in [1.54, 1.807) is 4.68 Å². The molecule has 102 valence electrons. The van der Waals surface area contributed by atoms with Gasteiger partial charge in [-0.3, -0.25) is 16.0 Å². The lowest BCUT2D eigenvalue weighted by molar-refractivity contribution is 0.405. The zero-order chi connectivity index (χ0) is 13.3. The summed E-state index contributed by atoms with van der Waals surface area (Å²) in [4.78, 5) is 0. The second-order valence-corrected chi connectivity index (χ2v) is 7.15. The zero-order valence-electron chi connectivity index (χ0n) is 11.2. The predicted octanol–water partition coefficient (Wildman–Crippen LogP) is 2.04. The Kier molecular flexibility index (Phi) is 4.26. The van der Waals surface area contributed by atoms with E-state index < -0.39 is 0 Å². The molecule has 0 amide bonds. The Morgan fingerprint density at radius 2 is 2.39 bits per heavy atom. The van der Waals surface area contributed by atoms with Crippen molar-refractivity contribution in [3.63, 3.8) is 0 Å². The lowest BCUT2D eigenvalue weighted by Crippen LogP contribution is -2.50. The highest BCUT2D eigenvalue weighted by Gasteiger charge is 2.38. The Labute approximate surface area is 118 Å². The summed E-state index contributed by atoms with van der Waals surface area (Å²) in [5.74, 6) is 6.98. The van der Waals surface area contributed by atoms with Crippen molar-refractivity contribution < 1.29 is 0 Å². The molecular weight excluding hydrogens is 268 g/mol. The lowest BCUT2D eigenvalue weighted by atomic mass is 9.91. The number of hydrogen-bond donors (Lipinski definition) is 2. The molecule has 1 aromatic heterocycles. The average Bonchev–Trinajstić information content (AvgIpc) is 2.85. The first-order chi connectivity index (χ1) is 8.48. The summed E-state index contributed by atoms with van der Waals surface area (Å²) in [6.45, 7) is 4.29. The van der Waals surface area contributed by atoms with E-state index in [0.717, 1.165) is 22.8 Å². The Balaban J connectivity index is 2.20. The van der Waals surface area contributed by atoms with Crippen molar-refractivity contribution in [1.29, 1.82) is 0 Å². The van der Waals surface area contributed by atoms with E-state index in [1.165, 1.54) is 18.6 Å². The molecule has 2 atom stereocenters. The molecule has 3 N–H and O–H groups in total. The summed E-state index contributed by atoms with van der Waals surface area (Å²) in [5.41, 5.74) is 5.08. The second kappa shape index (κ2) is 5.41. The number of nitrogens with one attached hydrogen (secondary N) is 1. The molecule has 0 bridgehead atoms. The fraction of sp³-hybridized carbons (Fsp3) is 0.750. The molecule has 1 aliphatic heterocycles. The maximum absolute atomic E-state index is 6.29. The minimum atomic E-state index is 0.195. The van der Waals surface area contributed by atoms with E-state index in [9.17, 15) is 0 Å². The fourth-order valence-electron chi connectivity index (χ4n) is 2.64. The summed E-state index contributed by atoms with van der Waals surface area (Å²) < 4.78 is 1.92. The van der Waals surface area contributed by atoms with Crippen molar-refractivity contribution in [2.75, 3.05) is 5.75 Å². The highest BCUT2D eigenvalue weighted by atomic mass is 35.5. The van der Waals surface area contributed by atoms with Gasteiger partial charge in [-0.1, -0.05) is 11.6 Å². The van der Waals surface area contributed by atoms with Crippen LogP contribution >= 0.6 is 23.4 Å². The molecule has 0 aromatic carbocycles. The first-order valence-electron chi connectivity index (χ1n) is 6.26. The fourth-order valence-corrected chi connectivity index (χ4v) is 4.28. The van der Waals surface area contributed by atoms with Gasteiger partial charge >= 0.3 is 0 Å². The van der Waals surface area contributed by atoms with Crippen LogP contribution < -0.4 is 11.3 Å². The van der Waals surface area contributed by atoms with Crippen LogP contribution in [-0.4, -0.2) is 26.3 Å². The van der Waals surface area contributed by atoms with Crippen LogP contribution in [0.4, 0.5) is 0 Å². The number of nitrogens with zero attached hydrogens (tertiary/aromatic N) is 2. The van der Waals surface area contributed by atoms with Gasteiger partial charge in [-0.2, -0.15) is 16.9 Å². The summed E-state index contributed by atoms with van der Waals surface area (Å²) >= 11 is 8.29. The maximum atomic E-state index is 6.29. The van der Waals surface area contributed by atoms with Gasteiger partial charge in [0.25, 0.3) is 0 Å². The summed E-state index contributed by atoms with van der Waals surface area (Å²) in [6.07, 6.45) is 3.29. The molecular formula is C12H21ClN4S. The third kappa shape index (κ3) is 2.54. The van der Waals surface area contributed by atoms with Crippen molar-refractivity contribution in [2.24, 2.45) is 12.9 Å². The number of thioether (sulfide) groups is 1. The van der Waals surface area contributed by atoms with E-state index in [0.29, 0.717) is 0 Å². The van der Waals surface area contributed by atoms with E-state index in [4.69, 9.17) is 17.4 Å². The summed E-state index contributed by atoms with van der Waals surface area (Å²) in [7, 11) is 1.87. The van der Waals surface area contributed by atoms with Gasteiger partial charge in [0.2, 0.25) is 0 Å². The van der Waals surface area contributed by atoms with Crippen LogP contribution in [0, 0.1) is 6.92 Å². The van der Waals surface area contributed by atoms with Gasteiger partial charge < -0.3 is 0 Å². The minimum absolute atomic E-state index is 0.195. The molecule has 1 aromatic rings. The molecule has 0 saturated carbocycles. The monoisotopic (exact) mass is 288 g/mol. The Hall–Kier alpha value is -0.230. The molecule has 1 aliphatic rings. The van der Waals surface area contributed by atoms with Crippen LogP contribution in [-0.2, 0) is 13.5 Å². The van der Waals surface area contributed by atoms with Crippen LogP contribution in [0.5, 0.6) is 0 Å². The maximum Gasteiger partial charge on any atom is 0.130 e. The van der Waals surface area contributed by atoms with Gasteiger partial charge in [0.15, 0.2) is 0 Å². The third-order valence-electron chi connectivity index (χ3n) is 3.87. The van der Waals surface area contributed by atoms with E-state index in [1.807, 2.05) is 25.7 Å². The highest BCUT2D eigenvalue weighted by Crippen LogP contribution is 2.41. The summed E-state index contributed by atoms with van der Waals surface area (Å²) in [6, 6.07) is 0.227. The van der Waals surface area contributed by atoms with Crippen LogP contribution in [0.2, 0.25) is 5.15 Å². The second-order valence-electron chi connectivity index (χ2n) is 5.17. The lowest BCUT2D eigenvalue weighted by Gasteiger charge is -2.32. The number of nitrogens with two attached hydrogens (primary N) is 1. The number of halogens is 1. The molecule has 18 heavy (non-hydrogen) atoms. The summed E-state index contributed by atoms with van der Waals surface area (Å²) in [5, 5.41) is 5.08. The molecule has 2 heterocycles. The quantitative estimate of drug-likeness (QED) is 0.658. The normalized spacial score (nSPS) is 25.6. The van der Waals surface area contributed by atoms with Gasteiger partial charge in [-0.15, -0.1) is 0 Å². The van der Waals surface area contributed by atoms with Crippen molar-refractivity contribution in [2.45, 2.75) is 43.9 Å². The molecule has 0 radical (unpaired) electrons. The van der Waals surface area contributed by atoms with Crippen LogP contribution in [0.15, 0.2) is 0 Å². The number of hydrogen-bond acceptors (Lipinski definition) is 4. The molecule has 0 spiro atoms. The molecule has 0 aliphatic carbocycles. The highest BCUT2D eigenvalue weighted by molar-refractivity contribution is 8.00. The van der Waals surface area contributed by atoms with Crippen LogP contribution in [0.1, 0.15) is 31.0 Å². The van der Waals surface area contributed by atoms with E-state index in [2.05, 4.69) is 17.4 Å². The molecule has 1 saturated heterocycles. The van der Waals surface area contributed by atoms with Gasteiger partial charge in [-0.05, 0) is 38.9 Å². The van der Waals surface area contributed by atoms with Gasteiger partial charge in [0.05, 0.1) is 5.69 Å². The third-order valence-corrected chi connectivity index (χ3v) is 5.98. The van der Waals surface area contributed by atoms with Crippen molar-refractivity contribution in [3.05, 3.63) is 16.4 Å². The van der Waals surface area contributed by atoms with Crippen LogP contribution in [0.25, 0.3) is 0 Å². The molecule has 2 unspecified atom stereocenters. The minimum Gasteiger partial charge on any atom is -0.271 e. The standard InChI is InChI=1S/C12H21ClN4S/c1-8-9(11(13)17(3)16-8)7-10(15-14)12(2)5-4-6-18-12/h10,15H,4-7,14H2,1-3H3. The Bertz CT molecular complexity index is 426. The molecule has 2 rings (SSSR count). The number of hydrazine groups is 1. The van der Waals surface area contributed by atoms with Crippen molar-refractivity contribution >= 4 is 23.4 Å². The first kappa shape index (κ1) is 14.2. The van der Waals surface area contributed by atoms with Crippen molar-refractivity contribution in [3.8, 4) is 0 Å². The first-order valence-corrected chi connectivity index (χ1v) is 7.62. The Morgan fingerprint density at radius 1 is 1.67 bits per heavy atom. The van der Waals surface area contributed by atoms with Gasteiger partial charge in [0.1, 0.15) is 5.15 Å². The molecule has 1 fully saturated rings. The van der Waals surface area contributed by atoms with Gasteiger partial charge in [-0.25, -0.2) is 0 Å². The number of rotatable bonds is 4. The number of aryl methyl sites for hydroxylation is 2. The van der Waals surface area contributed by atoms with Crippen LogP contribution in [0.3, 0.4) is 0 Å². The van der Waals surface area contributed by atoms with Gasteiger partial charge in [0, 0.05) is 23.4 Å². The zero-order valence-corrected chi connectivity index (χ0v) is 12.7. The number of aromatic nitrogens is 2. The van der Waals surface area contributed by atoms with E-state index in [-0.39, 0.29) is 10.8 Å². The Morgan fingerprint density at radius 3 is 2.83 bits per heavy atom. The SMILES string of the molecule is Cc1nn(C)c(Cl)c1CC(NN)C1(C)CCCS1. The van der Waals surface area contributed by atoms with E-state index >= 15 is 0 Å².